The van der Waals surface area contributed by atoms with Crippen molar-refractivity contribution in [3.05, 3.63) is 45.4 Å². The Balaban J connectivity index is 1.85. The minimum atomic E-state index is -0.324. The maximum Gasteiger partial charge on any atom is 0.271 e. The molecule has 1 amide bonds. The summed E-state index contributed by atoms with van der Waals surface area (Å²) >= 11 is 0. The molecule has 2 aromatic heterocycles. The number of rotatable bonds is 2. The fraction of sp³-hybridized carbons (Fsp3) is 0.429. The first-order valence-corrected chi connectivity index (χ1v) is 6.94. The van der Waals surface area contributed by atoms with Gasteiger partial charge in [-0.15, -0.1) is 0 Å². The number of aryl methyl sites for hydroxylation is 2. The number of nitrogens with zero attached hydrogens (tertiary/aromatic N) is 3. The minimum absolute atomic E-state index is 0.0521. The molecular weight excluding hydrogens is 270 g/mol. The van der Waals surface area contributed by atoms with Gasteiger partial charge >= 0.3 is 0 Å². The van der Waals surface area contributed by atoms with Crippen LogP contribution in [0.3, 0.4) is 0 Å². The van der Waals surface area contributed by atoms with Crippen molar-refractivity contribution in [3.63, 3.8) is 0 Å². The van der Waals surface area contributed by atoms with Gasteiger partial charge in [-0.1, -0.05) is 0 Å². The van der Waals surface area contributed by atoms with Gasteiger partial charge in [-0.25, -0.2) is 4.98 Å². The highest BCUT2D eigenvalue weighted by Gasteiger charge is 2.27. The molecule has 3 rings (SSSR count). The standard InChI is InChI=1S/C14H17N5O2/c1-8-13-9(4-3-5-11(13)19(2)18-8)17-14(21)10-6-16-12(20)7-15-10/h6-7,9H,3-5H2,1-2H3,(H,16,20)(H,17,21). The van der Waals surface area contributed by atoms with Crippen LogP contribution in [-0.2, 0) is 13.5 Å². The molecule has 1 unspecified atom stereocenters. The first-order chi connectivity index (χ1) is 10.1. The quantitative estimate of drug-likeness (QED) is 0.846. The van der Waals surface area contributed by atoms with Crippen LogP contribution in [0.4, 0.5) is 0 Å². The lowest BCUT2D eigenvalue weighted by atomic mass is 9.91. The van der Waals surface area contributed by atoms with Crippen LogP contribution in [0, 0.1) is 6.92 Å². The summed E-state index contributed by atoms with van der Waals surface area (Å²) in [5.74, 6) is -0.285. The maximum atomic E-state index is 12.2. The number of hydrogen-bond acceptors (Lipinski definition) is 4. The number of H-pyrrole nitrogens is 1. The van der Waals surface area contributed by atoms with Crippen molar-refractivity contribution in [1.82, 2.24) is 25.1 Å². The van der Waals surface area contributed by atoms with Gasteiger partial charge in [0.15, 0.2) is 0 Å². The smallest absolute Gasteiger partial charge is 0.271 e. The molecule has 110 valence electrons. The van der Waals surface area contributed by atoms with E-state index in [0.29, 0.717) is 0 Å². The van der Waals surface area contributed by atoms with E-state index in [1.54, 1.807) is 0 Å². The number of carbonyl (C=O) groups is 1. The number of nitrogens with one attached hydrogen (secondary N) is 2. The van der Waals surface area contributed by atoms with E-state index in [-0.39, 0.29) is 23.2 Å². The normalized spacial score (nSPS) is 17.3. The zero-order chi connectivity index (χ0) is 15.0. The second kappa shape index (κ2) is 5.16. The van der Waals surface area contributed by atoms with Gasteiger partial charge in [-0.3, -0.25) is 14.3 Å². The predicted octanol–water partition coefficient (Wildman–Crippen LogP) is 0.619. The van der Waals surface area contributed by atoms with Gasteiger partial charge < -0.3 is 10.3 Å². The number of aromatic nitrogens is 4. The topological polar surface area (TPSA) is 92.7 Å². The van der Waals surface area contributed by atoms with Crippen molar-refractivity contribution in [2.45, 2.75) is 32.2 Å². The average molecular weight is 287 g/mol. The molecule has 0 bridgehead atoms. The average Bonchev–Trinajstić information content (AvgIpc) is 2.76. The van der Waals surface area contributed by atoms with Crippen LogP contribution in [0.25, 0.3) is 0 Å². The number of carbonyl (C=O) groups excluding carboxylic acids is 1. The number of amides is 1. The molecule has 7 heteroatoms. The Kier molecular flexibility index (Phi) is 3.32. The van der Waals surface area contributed by atoms with Crippen LogP contribution >= 0.6 is 0 Å². The van der Waals surface area contributed by atoms with Crippen molar-refractivity contribution >= 4 is 5.91 Å². The first-order valence-electron chi connectivity index (χ1n) is 6.94. The van der Waals surface area contributed by atoms with Crippen molar-refractivity contribution in [1.29, 1.82) is 0 Å². The number of aromatic amines is 1. The Morgan fingerprint density at radius 1 is 1.52 bits per heavy atom. The van der Waals surface area contributed by atoms with Crippen molar-refractivity contribution in [3.8, 4) is 0 Å². The van der Waals surface area contributed by atoms with Crippen molar-refractivity contribution in [2.24, 2.45) is 7.05 Å². The van der Waals surface area contributed by atoms with Gasteiger partial charge in [0.25, 0.3) is 11.5 Å². The molecule has 0 aliphatic heterocycles. The molecule has 21 heavy (non-hydrogen) atoms. The fourth-order valence-corrected chi connectivity index (χ4v) is 2.93. The molecule has 1 atom stereocenters. The fourth-order valence-electron chi connectivity index (χ4n) is 2.93. The van der Waals surface area contributed by atoms with Gasteiger partial charge in [0.1, 0.15) is 5.69 Å². The highest BCUT2D eigenvalue weighted by Crippen LogP contribution is 2.31. The van der Waals surface area contributed by atoms with Gasteiger partial charge in [0.2, 0.25) is 0 Å². The summed E-state index contributed by atoms with van der Waals surface area (Å²) in [7, 11) is 1.93. The Morgan fingerprint density at radius 2 is 2.33 bits per heavy atom. The SMILES string of the molecule is Cc1nn(C)c2c1C(NC(=O)c1c[nH]c(=O)cn1)CCC2. The number of hydrogen-bond donors (Lipinski definition) is 2. The molecule has 2 aromatic rings. The van der Waals surface area contributed by atoms with Gasteiger partial charge in [-0.05, 0) is 26.2 Å². The minimum Gasteiger partial charge on any atom is -0.344 e. The van der Waals surface area contributed by atoms with E-state index in [4.69, 9.17) is 0 Å². The van der Waals surface area contributed by atoms with Gasteiger partial charge in [0, 0.05) is 24.5 Å². The third-order valence-corrected chi connectivity index (χ3v) is 3.86. The Bertz CT molecular complexity index is 726. The van der Waals surface area contributed by atoms with E-state index < -0.39 is 0 Å². The predicted molar refractivity (Wildman–Crippen MR) is 75.9 cm³/mol. The molecule has 0 aromatic carbocycles. The van der Waals surface area contributed by atoms with Crippen LogP contribution in [0.15, 0.2) is 17.2 Å². The molecule has 2 N–H and O–H groups in total. The summed E-state index contributed by atoms with van der Waals surface area (Å²) in [6.07, 6.45) is 5.31. The Morgan fingerprint density at radius 3 is 3.05 bits per heavy atom. The highest BCUT2D eigenvalue weighted by atomic mass is 16.2. The molecule has 0 radical (unpaired) electrons. The lowest BCUT2D eigenvalue weighted by Gasteiger charge is -2.24. The van der Waals surface area contributed by atoms with Gasteiger partial charge in [0.05, 0.1) is 17.9 Å². The maximum absolute atomic E-state index is 12.2. The van der Waals surface area contributed by atoms with Crippen molar-refractivity contribution < 1.29 is 4.79 Å². The molecule has 0 spiro atoms. The summed E-state index contributed by atoms with van der Waals surface area (Å²) in [5, 5.41) is 7.42. The zero-order valence-corrected chi connectivity index (χ0v) is 12.0. The lowest BCUT2D eigenvalue weighted by molar-refractivity contribution is 0.0927. The summed E-state index contributed by atoms with van der Waals surface area (Å²) in [6.45, 7) is 1.96. The second-order valence-electron chi connectivity index (χ2n) is 5.28. The van der Waals surface area contributed by atoms with E-state index in [0.717, 1.165) is 36.7 Å². The Labute approximate surface area is 121 Å². The van der Waals surface area contributed by atoms with E-state index in [2.05, 4.69) is 20.4 Å². The molecule has 2 heterocycles. The van der Waals surface area contributed by atoms with Crippen LogP contribution in [0.2, 0.25) is 0 Å². The molecule has 7 nitrogen and oxygen atoms in total. The Hall–Kier alpha value is -2.44. The van der Waals surface area contributed by atoms with Crippen LogP contribution in [0.5, 0.6) is 0 Å². The number of fused-ring (bicyclic) bond motifs is 1. The molecule has 0 saturated heterocycles. The third kappa shape index (κ3) is 2.46. The molecular formula is C14H17N5O2. The molecule has 0 fully saturated rings. The monoisotopic (exact) mass is 287 g/mol. The van der Waals surface area contributed by atoms with Crippen LogP contribution in [0.1, 0.15) is 46.3 Å². The largest absolute Gasteiger partial charge is 0.344 e. The molecule has 1 aliphatic carbocycles. The summed E-state index contributed by atoms with van der Waals surface area (Å²) in [4.78, 5) is 29.5. The van der Waals surface area contributed by atoms with Crippen LogP contribution < -0.4 is 10.9 Å². The zero-order valence-electron chi connectivity index (χ0n) is 12.0. The summed E-state index contributed by atoms with van der Waals surface area (Å²) < 4.78 is 1.89. The first kappa shape index (κ1) is 13.5. The van der Waals surface area contributed by atoms with Crippen molar-refractivity contribution in [2.75, 3.05) is 0 Å². The molecule has 1 aliphatic rings. The second-order valence-corrected chi connectivity index (χ2v) is 5.28. The van der Waals surface area contributed by atoms with Crippen LogP contribution in [-0.4, -0.2) is 25.7 Å². The lowest BCUT2D eigenvalue weighted by Crippen LogP contribution is -2.32. The van der Waals surface area contributed by atoms with E-state index in [1.807, 2.05) is 18.7 Å². The van der Waals surface area contributed by atoms with E-state index in [1.165, 1.54) is 11.9 Å². The summed E-state index contributed by atoms with van der Waals surface area (Å²) in [6, 6.07) is -0.0521. The molecule has 0 saturated carbocycles. The van der Waals surface area contributed by atoms with E-state index in [9.17, 15) is 9.59 Å². The highest BCUT2D eigenvalue weighted by molar-refractivity contribution is 5.92. The summed E-state index contributed by atoms with van der Waals surface area (Å²) in [5.41, 5.74) is 3.13. The third-order valence-electron chi connectivity index (χ3n) is 3.86. The van der Waals surface area contributed by atoms with Gasteiger partial charge in [-0.2, -0.15) is 5.10 Å². The van der Waals surface area contributed by atoms with E-state index >= 15 is 0 Å².